The highest BCUT2D eigenvalue weighted by Crippen LogP contribution is 2.05. The SMILES string of the molecule is C=C(NOCC)C([SiH3])(NOCC)NOCC. The smallest absolute Gasteiger partial charge is 0.133 e. The molecule has 0 aliphatic heterocycles. The third-order valence-corrected chi connectivity index (χ3v) is 2.80. The maximum atomic E-state index is 5.18. The number of nitrogens with one attached hydrogen (secondary N) is 3. The van der Waals surface area contributed by atoms with Crippen molar-refractivity contribution >= 4 is 10.2 Å². The van der Waals surface area contributed by atoms with Crippen LogP contribution in [0, 0.1) is 0 Å². The molecule has 0 fully saturated rings. The van der Waals surface area contributed by atoms with Crippen LogP contribution in [-0.2, 0) is 14.5 Å². The topological polar surface area (TPSA) is 63.8 Å². The summed E-state index contributed by atoms with van der Waals surface area (Å²) in [6, 6.07) is 0. The molecule has 0 saturated heterocycles. The van der Waals surface area contributed by atoms with Gasteiger partial charge in [0.05, 0.1) is 35.8 Å². The first kappa shape index (κ1) is 15.6. The molecule has 3 N–H and O–H groups in total. The molecule has 0 rings (SSSR count). The van der Waals surface area contributed by atoms with Gasteiger partial charge in [-0.1, -0.05) is 6.58 Å². The van der Waals surface area contributed by atoms with Gasteiger partial charge in [-0.3, -0.25) is 10.3 Å². The summed E-state index contributed by atoms with van der Waals surface area (Å²) in [6.07, 6.45) is 0. The first-order valence-corrected chi connectivity index (χ1v) is 6.45. The Morgan fingerprint density at radius 3 is 1.88 bits per heavy atom. The number of hydroxylamine groups is 3. The van der Waals surface area contributed by atoms with Gasteiger partial charge in [-0.05, 0) is 20.8 Å². The summed E-state index contributed by atoms with van der Waals surface area (Å²) in [6.45, 7) is 11.2. The second kappa shape index (κ2) is 8.68. The Morgan fingerprint density at radius 2 is 1.50 bits per heavy atom. The molecule has 0 bridgehead atoms. The summed E-state index contributed by atoms with van der Waals surface area (Å²) >= 11 is 0. The van der Waals surface area contributed by atoms with E-state index in [4.69, 9.17) is 14.5 Å². The molecule has 0 amide bonds. The van der Waals surface area contributed by atoms with Crippen molar-refractivity contribution in [2.24, 2.45) is 0 Å². The van der Waals surface area contributed by atoms with Gasteiger partial charge in [0.2, 0.25) is 0 Å². The predicted octanol–water partition coefficient (Wildman–Crippen LogP) is -0.857. The van der Waals surface area contributed by atoms with E-state index in [9.17, 15) is 0 Å². The molecule has 0 aromatic heterocycles. The Kier molecular flexibility index (Phi) is 8.44. The molecule has 0 aliphatic rings. The van der Waals surface area contributed by atoms with Gasteiger partial charge in [0.25, 0.3) is 0 Å². The average molecular weight is 249 g/mol. The molecule has 6 nitrogen and oxygen atoms in total. The normalized spacial score (nSPS) is 11.7. The standard InChI is InChI=1S/C9H23N3O3Si/c1-5-13-10-8(4)9(16,11-14-6-2)12-15-7-3/h10-12H,4-7H2,1-3,16H3. The minimum atomic E-state index is -0.624. The summed E-state index contributed by atoms with van der Waals surface area (Å²) in [5.74, 6) is 0. The average Bonchev–Trinajstić information content (AvgIpc) is 2.30. The maximum Gasteiger partial charge on any atom is 0.133 e. The van der Waals surface area contributed by atoms with E-state index in [0.717, 1.165) is 0 Å². The molecule has 0 aromatic rings. The second-order valence-electron chi connectivity index (χ2n) is 3.21. The summed E-state index contributed by atoms with van der Waals surface area (Å²) in [4.78, 5) is 15.4. The molecule has 0 unspecified atom stereocenters. The summed E-state index contributed by atoms with van der Waals surface area (Å²) in [7, 11) is 0.683. The summed E-state index contributed by atoms with van der Waals surface area (Å²) in [5.41, 5.74) is 9.12. The zero-order chi connectivity index (χ0) is 12.4. The van der Waals surface area contributed by atoms with Crippen LogP contribution < -0.4 is 16.4 Å². The monoisotopic (exact) mass is 249 g/mol. The van der Waals surface area contributed by atoms with Crippen LogP contribution >= 0.6 is 0 Å². The fourth-order valence-electron chi connectivity index (χ4n) is 0.838. The fourth-order valence-corrected chi connectivity index (χ4v) is 1.23. The largest absolute Gasteiger partial charge is 0.300 e. The Balaban J connectivity index is 4.30. The summed E-state index contributed by atoms with van der Waals surface area (Å²) < 4.78 is 0. The zero-order valence-corrected chi connectivity index (χ0v) is 12.6. The quantitative estimate of drug-likeness (QED) is 0.266. The van der Waals surface area contributed by atoms with Gasteiger partial charge < -0.3 is 9.68 Å². The van der Waals surface area contributed by atoms with Gasteiger partial charge in [0, 0.05) is 0 Å². The van der Waals surface area contributed by atoms with Crippen LogP contribution in [0.5, 0.6) is 0 Å². The molecule has 0 aromatic carbocycles. The van der Waals surface area contributed by atoms with Gasteiger partial charge in [-0.2, -0.15) is 11.0 Å². The van der Waals surface area contributed by atoms with Crippen molar-refractivity contribution in [3.8, 4) is 0 Å². The van der Waals surface area contributed by atoms with Crippen molar-refractivity contribution in [2.75, 3.05) is 19.8 Å². The minimum Gasteiger partial charge on any atom is -0.300 e. The van der Waals surface area contributed by atoms with Crippen molar-refractivity contribution in [1.29, 1.82) is 0 Å². The molecule has 0 atom stereocenters. The molecule has 7 heteroatoms. The molecular formula is C9H23N3O3Si. The number of rotatable bonds is 10. The number of hydrogen-bond acceptors (Lipinski definition) is 6. The molecule has 0 saturated carbocycles. The van der Waals surface area contributed by atoms with E-state index in [1.807, 2.05) is 20.8 Å². The van der Waals surface area contributed by atoms with Gasteiger partial charge in [-0.15, -0.1) is 0 Å². The first-order chi connectivity index (χ1) is 7.60. The van der Waals surface area contributed by atoms with Crippen molar-refractivity contribution < 1.29 is 14.5 Å². The second-order valence-corrected chi connectivity index (χ2v) is 4.71. The van der Waals surface area contributed by atoms with Crippen molar-refractivity contribution in [3.05, 3.63) is 12.3 Å². The Bertz CT molecular complexity index is 196. The third-order valence-electron chi connectivity index (χ3n) is 1.78. The van der Waals surface area contributed by atoms with Gasteiger partial charge in [-0.25, -0.2) is 0 Å². The van der Waals surface area contributed by atoms with Crippen molar-refractivity contribution in [3.63, 3.8) is 0 Å². The van der Waals surface area contributed by atoms with Crippen LogP contribution in [0.4, 0.5) is 0 Å². The molecule has 0 spiro atoms. The minimum absolute atomic E-state index is 0.555. The van der Waals surface area contributed by atoms with Crippen LogP contribution in [0.25, 0.3) is 0 Å². The van der Waals surface area contributed by atoms with Crippen LogP contribution in [0.1, 0.15) is 20.8 Å². The van der Waals surface area contributed by atoms with Crippen molar-refractivity contribution in [1.82, 2.24) is 16.4 Å². The fraction of sp³-hybridized carbons (Fsp3) is 0.778. The molecule has 0 heterocycles. The molecule has 96 valence electrons. The molecule has 16 heavy (non-hydrogen) atoms. The predicted molar refractivity (Wildman–Crippen MR) is 66.1 cm³/mol. The summed E-state index contributed by atoms with van der Waals surface area (Å²) in [5, 5.41) is -0.624. The highest BCUT2D eigenvalue weighted by Gasteiger charge is 2.28. The first-order valence-electron chi connectivity index (χ1n) is 5.45. The Hall–Kier alpha value is -0.443. The van der Waals surface area contributed by atoms with E-state index < -0.39 is 5.29 Å². The van der Waals surface area contributed by atoms with E-state index >= 15 is 0 Å². The van der Waals surface area contributed by atoms with E-state index in [-0.39, 0.29) is 0 Å². The molecule has 0 radical (unpaired) electrons. The maximum absolute atomic E-state index is 5.18. The van der Waals surface area contributed by atoms with E-state index in [1.54, 1.807) is 0 Å². The lowest BCUT2D eigenvalue weighted by atomic mass is 10.4. The van der Waals surface area contributed by atoms with Gasteiger partial charge >= 0.3 is 0 Å². The Labute approximate surface area is 100.0 Å². The molecular weight excluding hydrogens is 226 g/mol. The highest BCUT2D eigenvalue weighted by molar-refractivity contribution is 6.16. The van der Waals surface area contributed by atoms with Crippen LogP contribution in [0.2, 0.25) is 0 Å². The van der Waals surface area contributed by atoms with E-state index in [2.05, 4.69) is 23.0 Å². The third kappa shape index (κ3) is 5.59. The lowest BCUT2D eigenvalue weighted by Gasteiger charge is -2.32. The van der Waals surface area contributed by atoms with Crippen LogP contribution in [0.15, 0.2) is 12.3 Å². The van der Waals surface area contributed by atoms with E-state index in [1.165, 1.54) is 0 Å². The van der Waals surface area contributed by atoms with Crippen LogP contribution in [-0.4, -0.2) is 35.3 Å². The lowest BCUT2D eigenvalue weighted by Crippen LogP contribution is -2.61. The van der Waals surface area contributed by atoms with E-state index in [0.29, 0.717) is 35.8 Å². The van der Waals surface area contributed by atoms with Gasteiger partial charge in [0.1, 0.15) is 5.29 Å². The zero-order valence-electron chi connectivity index (χ0n) is 10.6. The molecule has 0 aliphatic carbocycles. The van der Waals surface area contributed by atoms with Crippen LogP contribution in [0.3, 0.4) is 0 Å². The Morgan fingerprint density at radius 1 is 1.06 bits per heavy atom. The lowest BCUT2D eigenvalue weighted by molar-refractivity contribution is -0.0716. The number of hydrogen-bond donors (Lipinski definition) is 3. The van der Waals surface area contributed by atoms with Gasteiger partial charge in [0.15, 0.2) is 0 Å². The highest BCUT2D eigenvalue weighted by atomic mass is 28.1. The van der Waals surface area contributed by atoms with Crippen molar-refractivity contribution in [2.45, 2.75) is 26.1 Å².